The zero-order valence-electron chi connectivity index (χ0n) is 9.71. The number of hydrogen-bond donors (Lipinski definition) is 4. The molecule has 1 heterocycles. The van der Waals surface area contributed by atoms with Gasteiger partial charge >= 0.3 is 0 Å². The summed E-state index contributed by atoms with van der Waals surface area (Å²) in [5.41, 5.74) is 5.78. The van der Waals surface area contributed by atoms with Gasteiger partial charge in [0.2, 0.25) is 0 Å². The van der Waals surface area contributed by atoms with E-state index in [-0.39, 0.29) is 15.7 Å². The second-order valence-corrected chi connectivity index (χ2v) is 4.86. The fourth-order valence-corrected chi connectivity index (χ4v) is 2.18. The minimum atomic E-state index is -0.440. The number of para-hydroxylation sites is 1. The Morgan fingerprint density at radius 1 is 1.16 bits per heavy atom. The van der Waals surface area contributed by atoms with Gasteiger partial charge in [0, 0.05) is 5.69 Å². The fourth-order valence-electron chi connectivity index (χ4n) is 1.33. The largest absolute Gasteiger partial charge is 0.506 e. The van der Waals surface area contributed by atoms with Crippen LogP contribution in [0, 0.1) is 0 Å². The molecule has 0 atom stereocenters. The molecule has 0 saturated carbocycles. The number of anilines is 1. The molecule has 98 valence electrons. The Bertz CT molecular complexity index is 584. The molecule has 5 nitrogen and oxygen atoms in total. The number of carbonyl (C=O) groups is 1. The number of hydrazine groups is 1. The first-order valence-corrected chi connectivity index (χ1v) is 6.64. The Morgan fingerprint density at radius 3 is 2.53 bits per heavy atom. The molecule has 7 heteroatoms. The minimum Gasteiger partial charge on any atom is -0.506 e. The van der Waals surface area contributed by atoms with Gasteiger partial charge in [-0.3, -0.25) is 15.6 Å². The molecule has 0 aliphatic rings. The number of thiophene rings is 1. The van der Waals surface area contributed by atoms with Crippen molar-refractivity contribution in [2.24, 2.45) is 0 Å². The van der Waals surface area contributed by atoms with Crippen molar-refractivity contribution in [3.05, 3.63) is 46.7 Å². The van der Waals surface area contributed by atoms with Gasteiger partial charge < -0.3 is 10.4 Å². The van der Waals surface area contributed by atoms with Gasteiger partial charge in [-0.15, -0.1) is 11.3 Å². The molecule has 4 N–H and O–H groups in total. The molecule has 2 rings (SSSR count). The van der Waals surface area contributed by atoms with E-state index in [1.807, 2.05) is 30.3 Å². The van der Waals surface area contributed by atoms with E-state index in [2.05, 4.69) is 16.2 Å². The molecule has 0 unspecified atom stereocenters. The van der Waals surface area contributed by atoms with Crippen molar-refractivity contribution in [2.45, 2.75) is 0 Å². The highest BCUT2D eigenvalue weighted by Crippen LogP contribution is 2.22. The molecule has 0 aliphatic heterocycles. The van der Waals surface area contributed by atoms with Crippen LogP contribution in [0.25, 0.3) is 0 Å². The molecule has 2 aromatic rings. The molecule has 0 radical (unpaired) electrons. The predicted octanol–water partition coefficient (Wildman–Crippen LogP) is 2.09. The molecular weight excluding hydrogens is 282 g/mol. The third-order valence-corrected chi connectivity index (χ3v) is 3.28. The summed E-state index contributed by atoms with van der Waals surface area (Å²) in [4.78, 5) is 11.9. The fraction of sp³-hybridized carbons (Fsp3) is 0. The standard InChI is InChI=1S/C12H11N3O2S2/c16-9-6-7-19-10(9)11(17)14-15-12(18)13-8-4-2-1-3-5-8/h1-7,16H,(H,14,17)(H2,13,15,18). The van der Waals surface area contributed by atoms with Crippen LogP contribution in [0.4, 0.5) is 5.69 Å². The molecule has 1 aromatic carbocycles. The second-order valence-electron chi connectivity index (χ2n) is 3.53. The quantitative estimate of drug-likeness (QED) is 0.504. The lowest BCUT2D eigenvalue weighted by atomic mass is 10.3. The lowest BCUT2D eigenvalue weighted by molar-refractivity contribution is 0.0946. The maximum absolute atomic E-state index is 11.7. The van der Waals surface area contributed by atoms with Crippen molar-refractivity contribution in [3.8, 4) is 5.75 Å². The predicted molar refractivity (Wildman–Crippen MR) is 79.2 cm³/mol. The van der Waals surface area contributed by atoms with Crippen LogP contribution in [0.2, 0.25) is 0 Å². The average Bonchev–Trinajstić information content (AvgIpc) is 2.83. The summed E-state index contributed by atoms with van der Waals surface area (Å²) in [7, 11) is 0. The number of amides is 1. The first-order chi connectivity index (χ1) is 9.16. The van der Waals surface area contributed by atoms with Crippen LogP contribution in [0.1, 0.15) is 9.67 Å². The van der Waals surface area contributed by atoms with Crippen molar-refractivity contribution in [1.29, 1.82) is 0 Å². The van der Waals surface area contributed by atoms with E-state index in [4.69, 9.17) is 12.2 Å². The third-order valence-electron chi connectivity index (χ3n) is 2.17. The monoisotopic (exact) mass is 293 g/mol. The van der Waals surface area contributed by atoms with Crippen molar-refractivity contribution >= 4 is 40.3 Å². The molecule has 0 saturated heterocycles. The maximum atomic E-state index is 11.7. The van der Waals surface area contributed by atoms with Gasteiger partial charge in [0.1, 0.15) is 10.6 Å². The SMILES string of the molecule is O=C(NNC(=S)Nc1ccccc1)c1sccc1O. The number of nitrogens with one attached hydrogen (secondary N) is 3. The van der Waals surface area contributed by atoms with Gasteiger partial charge in [-0.2, -0.15) is 0 Å². The molecule has 1 aromatic heterocycles. The Kier molecular flexibility index (Phi) is 4.32. The topological polar surface area (TPSA) is 73.4 Å². The molecular formula is C12H11N3O2S2. The Balaban J connectivity index is 1.84. The van der Waals surface area contributed by atoms with Gasteiger partial charge in [0.15, 0.2) is 5.11 Å². The molecule has 0 spiro atoms. The van der Waals surface area contributed by atoms with Crippen LogP contribution in [0.15, 0.2) is 41.8 Å². The van der Waals surface area contributed by atoms with Crippen LogP contribution < -0.4 is 16.2 Å². The third kappa shape index (κ3) is 3.67. The van der Waals surface area contributed by atoms with Crippen LogP contribution in [0.3, 0.4) is 0 Å². The van der Waals surface area contributed by atoms with E-state index in [1.165, 1.54) is 6.07 Å². The van der Waals surface area contributed by atoms with E-state index in [9.17, 15) is 9.90 Å². The second kappa shape index (κ2) is 6.17. The zero-order valence-corrected chi connectivity index (χ0v) is 11.3. The molecule has 19 heavy (non-hydrogen) atoms. The van der Waals surface area contributed by atoms with Crippen molar-refractivity contribution < 1.29 is 9.90 Å². The summed E-state index contributed by atoms with van der Waals surface area (Å²) in [5.74, 6) is -0.490. The van der Waals surface area contributed by atoms with Gasteiger partial charge in [0.25, 0.3) is 5.91 Å². The first-order valence-electron chi connectivity index (χ1n) is 5.35. The number of aromatic hydroxyl groups is 1. The van der Waals surface area contributed by atoms with Gasteiger partial charge in [-0.05, 0) is 35.8 Å². The first kappa shape index (κ1) is 13.3. The van der Waals surface area contributed by atoms with Crippen LogP contribution >= 0.6 is 23.6 Å². The summed E-state index contributed by atoms with van der Waals surface area (Å²) in [5, 5.41) is 14.2. The van der Waals surface area contributed by atoms with Gasteiger partial charge in [-0.1, -0.05) is 18.2 Å². The number of hydrogen-bond acceptors (Lipinski definition) is 4. The summed E-state index contributed by atoms with van der Waals surface area (Å²) < 4.78 is 0. The van der Waals surface area contributed by atoms with Crippen molar-refractivity contribution in [3.63, 3.8) is 0 Å². The minimum absolute atomic E-state index is 0.0498. The molecule has 0 fully saturated rings. The van der Waals surface area contributed by atoms with E-state index < -0.39 is 5.91 Å². The van der Waals surface area contributed by atoms with Crippen LogP contribution in [-0.4, -0.2) is 16.1 Å². The summed E-state index contributed by atoms with van der Waals surface area (Å²) in [6.45, 7) is 0. The van der Waals surface area contributed by atoms with Crippen LogP contribution in [-0.2, 0) is 0 Å². The number of rotatable bonds is 2. The molecule has 0 bridgehead atoms. The summed E-state index contributed by atoms with van der Waals surface area (Å²) in [6, 6.07) is 10.8. The van der Waals surface area contributed by atoms with E-state index in [0.29, 0.717) is 0 Å². The lowest BCUT2D eigenvalue weighted by Gasteiger charge is -2.10. The number of carbonyl (C=O) groups excluding carboxylic acids is 1. The Morgan fingerprint density at radius 2 is 1.89 bits per heavy atom. The Hall–Kier alpha value is -2.12. The van der Waals surface area contributed by atoms with Gasteiger partial charge in [-0.25, -0.2) is 0 Å². The average molecular weight is 293 g/mol. The number of benzene rings is 1. The Labute approximate surface area is 119 Å². The highest BCUT2D eigenvalue weighted by molar-refractivity contribution is 7.80. The van der Waals surface area contributed by atoms with Crippen molar-refractivity contribution in [1.82, 2.24) is 10.9 Å². The van der Waals surface area contributed by atoms with E-state index >= 15 is 0 Å². The molecule has 1 amide bonds. The normalized spacial score (nSPS) is 9.68. The van der Waals surface area contributed by atoms with Gasteiger partial charge in [0.05, 0.1) is 0 Å². The van der Waals surface area contributed by atoms with E-state index in [0.717, 1.165) is 17.0 Å². The summed E-state index contributed by atoms with van der Waals surface area (Å²) in [6.07, 6.45) is 0. The zero-order chi connectivity index (χ0) is 13.7. The van der Waals surface area contributed by atoms with Crippen LogP contribution in [0.5, 0.6) is 5.75 Å². The maximum Gasteiger partial charge on any atom is 0.283 e. The smallest absolute Gasteiger partial charge is 0.283 e. The molecule has 0 aliphatic carbocycles. The summed E-state index contributed by atoms with van der Waals surface area (Å²) >= 11 is 6.17. The highest BCUT2D eigenvalue weighted by atomic mass is 32.1. The highest BCUT2D eigenvalue weighted by Gasteiger charge is 2.12. The lowest BCUT2D eigenvalue weighted by Crippen LogP contribution is -2.43. The number of thiocarbonyl (C=S) groups is 1. The van der Waals surface area contributed by atoms with E-state index in [1.54, 1.807) is 5.38 Å². The van der Waals surface area contributed by atoms with Crippen molar-refractivity contribution in [2.75, 3.05) is 5.32 Å².